The molecule has 2 aromatic carbocycles. The number of fused-ring (bicyclic) bond motifs is 1. The van der Waals surface area contributed by atoms with Crippen LogP contribution in [0.25, 0.3) is 0 Å². The van der Waals surface area contributed by atoms with Crippen LogP contribution in [-0.2, 0) is 16.6 Å². The second-order valence-corrected chi connectivity index (χ2v) is 9.44. The van der Waals surface area contributed by atoms with Crippen molar-refractivity contribution in [2.45, 2.75) is 17.5 Å². The van der Waals surface area contributed by atoms with Gasteiger partial charge in [0.15, 0.2) is 11.5 Å². The first-order valence-electron chi connectivity index (χ1n) is 9.30. The molecule has 0 spiro atoms. The minimum Gasteiger partial charge on any atom is -0.486 e. The highest BCUT2D eigenvalue weighted by atomic mass is 32.2. The van der Waals surface area contributed by atoms with Crippen LogP contribution in [0.1, 0.15) is 15.2 Å². The lowest BCUT2D eigenvalue weighted by atomic mass is 10.2. The molecule has 0 saturated heterocycles. The van der Waals surface area contributed by atoms with Crippen LogP contribution < -0.4 is 19.5 Å². The van der Waals surface area contributed by atoms with E-state index in [2.05, 4.69) is 10.0 Å². The Balaban J connectivity index is 1.37. The molecule has 1 aromatic heterocycles. The fourth-order valence-corrected chi connectivity index (χ4v) is 4.73. The zero-order chi connectivity index (χ0) is 21.0. The van der Waals surface area contributed by atoms with E-state index < -0.39 is 10.0 Å². The van der Waals surface area contributed by atoms with E-state index >= 15 is 0 Å². The van der Waals surface area contributed by atoms with E-state index in [1.54, 1.807) is 18.2 Å². The van der Waals surface area contributed by atoms with Crippen LogP contribution in [0, 0.1) is 0 Å². The van der Waals surface area contributed by atoms with E-state index in [1.807, 2.05) is 35.7 Å². The summed E-state index contributed by atoms with van der Waals surface area (Å²) in [5, 5.41) is 4.66. The minimum atomic E-state index is -3.73. The molecule has 156 valence electrons. The van der Waals surface area contributed by atoms with Gasteiger partial charge in [-0.3, -0.25) is 4.79 Å². The summed E-state index contributed by atoms with van der Waals surface area (Å²) in [6.07, 6.45) is -0.330. The number of amides is 1. The number of nitrogens with one attached hydrogen (secondary N) is 2. The van der Waals surface area contributed by atoms with Crippen LogP contribution in [0.15, 0.2) is 70.9 Å². The first kappa shape index (κ1) is 20.4. The van der Waals surface area contributed by atoms with Crippen molar-refractivity contribution >= 4 is 27.3 Å². The molecule has 3 aromatic rings. The maximum Gasteiger partial charge on any atom is 0.251 e. The Bertz CT molecular complexity index is 1130. The average Bonchev–Trinajstić information content (AvgIpc) is 3.30. The molecule has 2 heterocycles. The summed E-state index contributed by atoms with van der Waals surface area (Å²) in [6, 6.07) is 17.0. The summed E-state index contributed by atoms with van der Waals surface area (Å²) in [5.74, 6) is 0.925. The first-order valence-corrected chi connectivity index (χ1v) is 11.7. The molecule has 0 bridgehead atoms. The lowest BCUT2D eigenvalue weighted by Crippen LogP contribution is -2.40. The van der Waals surface area contributed by atoms with Gasteiger partial charge in [-0.05, 0) is 41.8 Å². The molecular weight excluding hydrogens is 424 g/mol. The number of carbonyl (C=O) groups is 1. The summed E-state index contributed by atoms with van der Waals surface area (Å²) >= 11 is 1.47. The van der Waals surface area contributed by atoms with E-state index in [9.17, 15) is 13.2 Å². The van der Waals surface area contributed by atoms with Gasteiger partial charge in [-0.1, -0.05) is 24.3 Å². The van der Waals surface area contributed by atoms with Gasteiger partial charge in [-0.15, -0.1) is 11.3 Å². The zero-order valence-electron chi connectivity index (χ0n) is 15.9. The number of carbonyl (C=O) groups excluding carboxylic acids is 1. The lowest BCUT2D eigenvalue weighted by Gasteiger charge is -2.26. The van der Waals surface area contributed by atoms with Crippen LogP contribution >= 0.6 is 11.3 Å². The third-order valence-electron chi connectivity index (χ3n) is 4.48. The number of rotatable bonds is 7. The molecule has 7 nitrogen and oxygen atoms in total. The van der Waals surface area contributed by atoms with Crippen LogP contribution in [0.4, 0.5) is 0 Å². The van der Waals surface area contributed by atoms with Crippen molar-refractivity contribution in [1.29, 1.82) is 0 Å². The third-order valence-corrected chi connectivity index (χ3v) is 6.76. The quantitative estimate of drug-likeness (QED) is 0.585. The molecule has 2 N–H and O–H groups in total. The molecule has 4 rings (SSSR count). The summed E-state index contributed by atoms with van der Waals surface area (Å²) in [5.41, 5.74) is 0.256. The van der Waals surface area contributed by atoms with E-state index in [4.69, 9.17) is 9.47 Å². The van der Waals surface area contributed by atoms with Crippen LogP contribution in [0.2, 0.25) is 0 Å². The lowest BCUT2D eigenvalue weighted by molar-refractivity contribution is 0.0789. The molecule has 1 aliphatic rings. The molecule has 0 fully saturated rings. The SMILES string of the molecule is O=C(NC[C@@H]1COc2ccccc2O1)c1cccc(S(=O)(=O)NCc2cccs2)c1. The predicted molar refractivity (Wildman–Crippen MR) is 113 cm³/mol. The topological polar surface area (TPSA) is 93.7 Å². The summed E-state index contributed by atoms with van der Waals surface area (Å²) < 4.78 is 39.1. The third kappa shape index (κ3) is 4.81. The molecule has 1 amide bonds. The number of sulfonamides is 1. The van der Waals surface area contributed by atoms with Crippen molar-refractivity contribution in [3.05, 3.63) is 76.5 Å². The van der Waals surface area contributed by atoms with Gasteiger partial charge < -0.3 is 14.8 Å². The number of ether oxygens (including phenoxy) is 2. The Labute approximate surface area is 178 Å². The zero-order valence-corrected chi connectivity index (χ0v) is 17.5. The van der Waals surface area contributed by atoms with Crippen molar-refractivity contribution in [3.8, 4) is 11.5 Å². The second-order valence-electron chi connectivity index (χ2n) is 6.64. The van der Waals surface area contributed by atoms with Crippen molar-refractivity contribution in [2.75, 3.05) is 13.2 Å². The Morgan fingerprint density at radius 1 is 1.07 bits per heavy atom. The van der Waals surface area contributed by atoms with Gasteiger partial charge in [-0.2, -0.15) is 0 Å². The standard InChI is InChI=1S/C21H20N2O5S2/c24-21(22-12-16-14-27-19-8-1-2-9-20(19)28-16)15-5-3-7-18(11-15)30(25,26)23-13-17-6-4-10-29-17/h1-11,16,23H,12-14H2,(H,22,24)/t16-/m1/s1. The largest absolute Gasteiger partial charge is 0.486 e. The molecular formula is C21H20N2O5S2. The first-order chi connectivity index (χ1) is 14.5. The van der Waals surface area contributed by atoms with Gasteiger partial charge in [0.1, 0.15) is 12.7 Å². The van der Waals surface area contributed by atoms with Crippen molar-refractivity contribution in [2.24, 2.45) is 0 Å². The van der Waals surface area contributed by atoms with Crippen molar-refractivity contribution in [3.63, 3.8) is 0 Å². The maximum atomic E-state index is 12.5. The van der Waals surface area contributed by atoms with E-state index in [1.165, 1.54) is 23.5 Å². The highest BCUT2D eigenvalue weighted by Crippen LogP contribution is 2.30. The average molecular weight is 445 g/mol. The Hall–Kier alpha value is -2.88. The van der Waals surface area contributed by atoms with Gasteiger partial charge in [0.25, 0.3) is 5.91 Å². The highest BCUT2D eigenvalue weighted by Gasteiger charge is 2.22. The molecule has 1 atom stereocenters. The van der Waals surface area contributed by atoms with Crippen molar-refractivity contribution in [1.82, 2.24) is 10.0 Å². The van der Waals surface area contributed by atoms with Gasteiger partial charge in [0.2, 0.25) is 10.0 Å². The summed E-state index contributed by atoms with van der Waals surface area (Å²) in [4.78, 5) is 13.5. The summed E-state index contributed by atoms with van der Waals surface area (Å²) in [6.45, 7) is 0.760. The fraction of sp³-hybridized carbons (Fsp3) is 0.190. The molecule has 0 aliphatic carbocycles. The highest BCUT2D eigenvalue weighted by molar-refractivity contribution is 7.89. The second kappa shape index (κ2) is 8.86. The smallest absolute Gasteiger partial charge is 0.251 e. The Kier molecular flexibility index (Phi) is 6.03. The fourth-order valence-electron chi connectivity index (χ4n) is 2.94. The van der Waals surface area contributed by atoms with Crippen LogP contribution in [0.5, 0.6) is 11.5 Å². The molecule has 9 heteroatoms. The summed E-state index contributed by atoms with van der Waals surface area (Å²) in [7, 11) is -3.73. The van der Waals surface area contributed by atoms with Gasteiger partial charge in [-0.25, -0.2) is 13.1 Å². The number of para-hydroxylation sites is 2. The van der Waals surface area contributed by atoms with Crippen molar-refractivity contribution < 1.29 is 22.7 Å². The molecule has 30 heavy (non-hydrogen) atoms. The van der Waals surface area contributed by atoms with E-state index in [0.29, 0.717) is 18.1 Å². The van der Waals surface area contributed by atoms with E-state index in [-0.39, 0.29) is 35.6 Å². The number of hydrogen-bond acceptors (Lipinski definition) is 6. The maximum absolute atomic E-state index is 12.5. The number of thiophene rings is 1. The minimum absolute atomic E-state index is 0.0397. The predicted octanol–water partition coefficient (Wildman–Crippen LogP) is 2.80. The number of hydrogen-bond donors (Lipinski definition) is 2. The monoisotopic (exact) mass is 444 g/mol. The molecule has 1 aliphatic heterocycles. The molecule has 0 saturated carbocycles. The molecule has 0 radical (unpaired) electrons. The van der Waals surface area contributed by atoms with Gasteiger partial charge >= 0.3 is 0 Å². The Morgan fingerprint density at radius 2 is 1.90 bits per heavy atom. The van der Waals surface area contributed by atoms with Crippen LogP contribution in [0.3, 0.4) is 0 Å². The normalized spacial score (nSPS) is 15.5. The van der Waals surface area contributed by atoms with Gasteiger partial charge in [0.05, 0.1) is 11.4 Å². The van der Waals surface area contributed by atoms with E-state index in [0.717, 1.165) is 4.88 Å². The number of benzene rings is 2. The Morgan fingerprint density at radius 3 is 2.70 bits per heavy atom. The molecule has 0 unspecified atom stereocenters. The van der Waals surface area contributed by atoms with Gasteiger partial charge in [0, 0.05) is 17.0 Å². The van der Waals surface area contributed by atoms with Crippen LogP contribution in [-0.4, -0.2) is 33.6 Å².